The molecule has 5 heteroatoms. The number of ether oxygens (including phenoxy) is 2. The molecule has 0 aliphatic heterocycles. The lowest BCUT2D eigenvalue weighted by Gasteiger charge is -2.19. The number of methoxy groups -OCH3 is 1. The van der Waals surface area contributed by atoms with Gasteiger partial charge in [0.25, 0.3) is 0 Å². The summed E-state index contributed by atoms with van der Waals surface area (Å²) < 4.78 is 10.8. The third-order valence-electron chi connectivity index (χ3n) is 4.00. The van der Waals surface area contributed by atoms with Crippen molar-refractivity contribution in [3.8, 4) is 5.75 Å². The fraction of sp³-hybridized carbons (Fsp3) is 0.318. The minimum Gasteiger partial charge on any atom is -0.489 e. The van der Waals surface area contributed by atoms with Gasteiger partial charge < -0.3 is 19.5 Å². The molecular weight excluding hydrogens is 342 g/mol. The first-order valence-electron chi connectivity index (χ1n) is 9.06. The van der Waals surface area contributed by atoms with Crippen molar-refractivity contribution in [2.24, 2.45) is 0 Å². The number of nitrogens with zero attached hydrogens (tertiary/aromatic N) is 1. The first kappa shape index (κ1) is 20.7. The van der Waals surface area contributed by atoms with E-state index in [-0.39, 0.29) is 12.5 Å². The number of amides is 1. The van der Waals surface area contributed by atoms with Crippen LogP contribution in [-0.4, -0.2) is 49.3 Å². The maximum atomic E-state index is 12.3. The molecule has 0 aliphatic rings. The van der Waals surface area contributed by atoms with Crippen LogP contribution in [0.15, 0.2) is 60.7 Å². The van der Waals surface area contributed by atoms with Crippen LogP contribution in [-0.2, 0) is 16.1 Å². The van der Waals surface area contributed by atoms with Gasteiger partial charge in [0.05, 0.1) is 6.61 Å². The van der Waals surface area contributed by atoms with Crippen molar-refractivity contribution in [2.75, 3.05) is 33.4 Å². The van der Waals surface area contributed by atoms with E-state index in [4.69, 9.17) is 14.6 Å². The van der Waals surface area contributed by atoms with E-state index in [9.17, 15) is 4.79 Å². The average molecular weight is 369 g/mol. The van der Waals surface area contributed by atoms with Crippen molar-refractivity contribution in [3.63, 3.8) is 0 Å². The van der Waals surface area contributed by atoms with Gasteiger partial charge in [-0.25, -0.2) is 0 Å². The van der Waals surface area contributed by atoms with E-state index in [1.165, 1.54) is 6.08 Å². The Bertz CT molecular complexity index is 698. The number of aliphatic hydroxyl groups excluding tert-OH is 1. The first-order chi connectivity index (χ1) is 13.2. The van der Waals surface area contributed by atoms with E-state index in [1.807, 2.05) is 54.6 Å². The molecule has 0 fully saturated rings. The van der Waals surface area contributed by atoms with Crippen LogP contribution in [0.3, 0.4) is 0 Å². The average Bonchev–Trinajstić information content (AvgIpc) is 2.71. The lowest BCUT2D eigenvalue weighted by Crippen LogP contribution is -2.33. The molecule has 2 aromatic rings. The molecule has 0 atom stereocenters. The van der Waals surface area contributed by atoms with Crippen molar-refractivity contribution in [3.05, 3.63) is 71.8 Å². The number of carbonyl (C=O) groups excluding carboxylic acids is 1. The topological polar surface area (TPSA) is 59.0 Å². The second kappa shape index (κ2) is 11.9. The van der Waals surface area contributed by atoms with Crippen LogP contribution in [0.1, 0.15) is 17.5 Å². The Morgan fingerprint density at radius 3 is 2.48 bits per heavy atom. The van der Waals surface area contributed by atoms with Crippen molar-refractivity contribution in [1.82, 2.24) is 4.90 Å². The highest BCUT2D eigenvalue weighted by Gasteiger charge is 2.09. The minimum atomic E-state index is -0.121. The summed E-state index contributed by atoms with van der Waals surface area (Å²) in [6, 6.07) is 17.6. The lowest BCUT2D eigenvalue weighted by molar-refractivity contribution is -0.126. The predicted octanol–water partition coefficient (Wildman–Crippen LogP) is 3.14. The number of carbonyl (C=O) groups is 1. The summed E-state index contributed by atoms with van der Waals surface area (Å²) in [4.78, 5) is 13.9. The molecule has 0 aliphatic carbocycles. The third kappa shape index (κ3) is 7.64. The highest BCUT2D eigenvalue weighted by Crippen LogP contribution is 2.15. The van der Waals surface area contributed by atoms with Crippen LogP contribution >= 0.6 is 0 Å². The molecule has 1 amide bonds. The second-order valence-electron chi connectivity index (χ2n) is 6.07. The molecule has 5 nitrogen and oxygen atoms in total. The van der Waals surface area contributed by atoms with Gasteiger partial charge in [-0.05, 0) is 35.8 Å². The summed E-state index contributed by atoms with van der Waals surface area (Å²) >= 11 is 0. The van der Waals surface area contributed by atoms with Gasteiger partial charge in [-0.3, -0.25) is 4.79 Å². The monoisotopic (exact) mass is 369 g/mol. The molecular formula is C22H27NO4. The summed E-state index contributed by atoms with van der Waals surface area (Å²) in [5.74, 6) is 0.661. The zero-order chi connectivity index (χ0) is 19.3. The van der Waals surface area contributed by atoms with Gasteiger partial charge in [-0.1, -0.05) is 42.5 Å². The van der Waals surface area contributed by atoms with Gasteiger partial charge in [-0.2, -0.15) is 0 Å². The molecule has 0 unspecified atom stereocenters. The molecule has 0 bridgehead atoms. The Labute approximate surface area is 160 Å². The van der Waals surface area contributed by atoms with Crippen LogP contribution in [0.5, 0.6) is 5.75 Å². The Morgan fingerprint density at radius 2 is 1.81 bits per heavy atom. The maximum Gasteiger partial charge on any atom is 0.246 e. The number of hydrogen-bond acceptors (Lipinski definition) is 4. The SMILES string of the molecule is COCCCN(CCO)C(=O)/C=C/c1ccc(OCc2ccccc2)cc1. The maximum absolute atomic E-state index is 12.3. The Hall–Kier alpha value is -2.63. The summed E-state index contributed by atoms with van der Waals surface area (Å²) in [6.07, 6.45) is 4.04. The van der Waals surface area contributed by atoms with Gasteiger partial charge in [0.1, 0.15) is 12.4 Å². The van der Waals surface area contributed by atoms with E-state index in [2.05, 4.69) is 0 Å². The highest BCUT2D eigenvalue weighted by atomic mass is 16.5. The second-order valence-corrected chi connectivity index (χ2v) is 6.07. The third-order valence-corrected chi connectivity index (χ3v) is 4.00. The molecule has 0 radical (unpaired) electrons. The quantitative estimate of drug-likeness (QED) is 0.488. The number of hydrogen-bond donors (Lipinski definition) is 1. The first-order valence-corrected chi connectivity index (χ1v) is 9.06. The molecule has 2 rings (SSSR count). The number of aliphatic hydroxyl groups is 1. The Balaban J connectivity index is 1.87. The van der Waals surface area contributed by atoms with Gasteiger partial charge in [0, 0.05) is 32.9 Å². The van der Waals surface area contributed by atoms with Crippen LogP contribution in [0.2, 0.25) is 0 Å². The number of rotatable bonds is 11. The summed E-state index contributed by atoms with van der Waals surface area (Å²) in [5, 5.41) is 9.13. The molecule has 0 saturated heterocycles. The van der Waals surface area contributed by atoms with Crippen LogP contribution in [0.25, 0.3) is 6.08 Å². The van der Waals surface area contributed by atoms with E-state index in [1.54, 1.807) is 18.1 Å². The molecule has 0 aromatic heterocycles. The smallest absolute Gasteiger partial charge is 0.246 e. The molecule has 1 N–H and O–H groups in total. The van der Waals surface area contributed by atoms with Gasteiger partial charge in [0.15, 0.2) is 0 Å². The van der Waals surface area contributed by atoms with Crippen molar-refractivity contribution in [1.29, 1.82) is 0 Å². The Kier molecular flexibility index (Phi) is 9.10. The fourth-order valence-electron chi connectivity index (χ4n) is 2.54. The predicted molar refractivity (Wildman–Crippen MR) is 106 cm³/mol. The van der Waals surface area contributed by atoms with Crippen LogP contribution in [0.4, 0.5) is 0 Å². The minimum absolute atomic E-state index is 0.0555. The zero-order valence-electron chi connectivity index (χ0n) is 15.7. The van der Waals surface area contributed by atoms with Gasteiger partial charge in [0.2, 0.25) is 5.91 Å². The number of benzene rings is 2. The van der Waals surface area contributed by atoms with Crippen molar-refractivity contribution >= 4 is 12.0 Å². The molecule has 2 aromatic carbocycles. The zero-order valence-corrected chi connectivity index (χ0v) is 15.7. The molecule has 0 saturated carbocycles. The van der Waals surface area contributed by atoms with Crippen LogP contribution < -0.4 is 4.74 Å². The molecule has 0 heterocycles. The van der Waals surface area contributed by atoms with Gasteiger partial charge in [-0.15, -0.1) is 0 Å². The summed E-state index contributed by atoms with van der Waals surface area (Å²) in [5.41, 5.74) is 2.03. The fourth-order valence-corrected chi connectivity index (χ4v) is 2.54. The standard InChI is InChI=1S/C22H27NO4/c1-26-17-5-14-23(15-16-24)22(25)13-10-19-8-11-21(12-9-19)27-18-20-6-3-2-4-7-20/h2-4,6-13,24H,5,14-18H2,1H3/b13-10+. The van der Waals surface area contributed by atoms with Crippen molar-refractivity contribution < 1.29 is 19.4 Å². The highest BCUT2D eigenvalue weighted by molar-refractivity contribution is 5.91. The van der Waals surface area contributed by atoms with E-state index < -0.39 is 0 Å². The summed E-state index contributed by atoms with van der Waals surface area (Å²) in [6.45, 7) is 1.93. The molecule has 0 spiro atoms. The van der Waals surface area contributed by atoms with E-state index >= 15 is 0 Å². The summed E-state index contributed by atoms with van der Waals surface area (Å²) in [7, 11) is 1.63. The normalized spacial score (nSPS) is 10.9. The van der Waals surface area contributed by atoms with E-state index in [0.29, 0.717) is 26.3 Å². The largest absolute Gasteiger partial charge is 0.489 e. The molecule has 144 valence electrons. The van der Waals surface area contributed by atoms with Crippen molar-refractivity contribution in [2.45, 2.75) is 13.0 Å². The van der Waals surface area contributed by atoms with Gasteiger partial charge >= 0.3 is 0 Å². The van der Waals surface area contributed by atoms with E-state index in [0.717, 1.165) is 23.3 Å². The lowest BCUT2D eigenvalue weighted by atomic mass is 10.2. The Morgan fingerprint density at radius 1 is 1.07 bits per heavy atom. The van der Waals surface area contributed by atoms with Crippen LogP contribution in [0, 0.1) is 0 Å². The molecule has 27 heavy (non-hydrogen) atoms.